The third-order valence-corrected chi connectivity index (χ3v) is 5.48. The Morgan fingerprint density at radius 1 is 1.07 bits per heavy atom. The Kier molecular flexibility index (Phi) is 5.35. The van der Waals surface area contributed by atoms with Crippen LogP contribution in [0.4, 0.5) is 13.2 Å². The first-order chi connectivity index (χ1) is 13.8. The zero-order valence-corrected chi connectivity index (χ0v) is 16.9. The van der Waals surface area contributed by atoms with E-state index in [1.54, 1.807) is 15.5 Å². The van der Waals surface area contributed by atoms with Crippen LogP contribution < -0.4 is 0 Å². The number of piperazine rings is 1. The lowest BCUT2D eigenvalue weighted by Crippen LogP contribution is -2.48. The molecule has 2 aromatic heterocycles. The Morgan fingerprint density at radius 2 is 1.76 bits per heavy atom. The molecule has 3 aromatic rings. The van der Waals surface area contributed by atoms with E-state index in [9.17, 15) is 18.0 Å². The Hall–Kier alpha value is -2.39. The van der Waals surface area contributed by atoms with Crippen LogP contribution in [0, 0.1) is 0 Å². The average molecular weight is 467 g/mol. The van der Waals surface area contributed by atoms with E-state index >= 15 is 0 Å². The zero-order chi connectivity index (χ0) is 20.6. The van der Waals surface area contributed by atoms with Crippen LogP contribution in [0.2, 0.25) is 0 Å². The summed E-state index contributed by atoms with van der Waals surface area (Å²) in [7, 11) is 0. The highest BCUT2D eigenvalue weighted by Crippen LogP contribution is 2.29. The van der Waals surface area contributed by atoms with E-state index in [4.69, 9.17) is 0 Å². The predicted octanol–water partition coefficient (Wildman–Crippen LogP) is 4.07. The number of halogens is 4. The molecule has 0 unspecified atom stereocenters. The van der Waals surface area contributed by atoms with Crippen LogP contribution in [-0.4, -0.2) is 51.3 Å². The summed E-state index contributed by atoms with van der Waals surface area (Å²) in [6, 6.07) is 8.96. The number of rotatable bonds is 3. The minimum atomic E-state index is -4.32. The van der Waals surface area contributed by atoms with Gasteiger partial charge in [0.05, 0.1) is 5.56 Å². The molecule has 152 valence electrons. The molecule has 1 aliphatic rings. The van der Waals surface area contributed by atoms with Gasteiger partial charge in [0.15, 0.2) is 0 Å². The number of fused-ring (bicyclic) bond motifs is 1. The molecule has 4 rings (SSSR count). The topological polar surface area (TPSA) is 40.9 Å². The van der Waals surface area contributed by atoms with Crippen molar-refractivity contribution in [3.8, 4) is 0 Å². The summed E-state index contributed by atoms with van der Waals surface area (Å²) in [6.45, 7) is 2.98. The molecule has 1 amide bonds. The van der Waals surface area contributed by atoms with Crippen molar-refractivity contribution in [2.45, 2.75) is 12.7 Å². The van der Waals surface area contributed by atoms with E-state index in [1.807, 2.05) is 18.3 Å². The molecule has 0 bridgehead atoms. The van der Waals surface area contributed by atoms with E-state index in [1.165, 1.54) is 12.1 Å². The van der Waals surface area contributed by atoms with Gasteiger partial charge in [0.2, 0.25) is 0 Å². The second kappa shape index (κ2) is 7.79. The molecule has 0 atom stereocenters. The Labute approximate surface area is 173 Å². The van der Waals surface area contributed by atoms with Gasteiger partial charge in [0.1, 0.15) is 11.3 Å². The van der Waals surface area contributed by atoms with Crippen molar-refractivity contribution >= 4 is 27.5 Å². The standard InChI is InChI=1S/C20H18BrF3N4O/c21-16-5-6-28-13-17(25-18(28)11-16)19(29)27-9-7-26(8-10-27)12-14-1-3-15(4-2-14)20(22,23)24/h1-6,11,13H,7-10,12H2. The van der Waals surface area contributed by atoms with Gasteiger partial charge in [0, 0.05) is 49.6 Å². The summed E-state index contributed by atoms with van der Waals surface area (Å²) in [4.78, 5) is 21.1. The Morgan fingerprint density at radius 3 is 2.41 bits per heavy atom. The predicted molar refractivity (Wildman–Crippen MR) is 106 cm³/mol. The maximum absolute atomic E-state index is 12.8. The van der Waals surface area contributed by atoms with Crippen LogP contribution in [-0.2, 0) is 12.7 Å². The van der Waals surface area contributed by atoms with E-state index in [-0.39, 0.29) is 5.91 Å². The maximum atomic E-state index is 12.8. The summed E-state index contributed by atoms with van der Waals surface area (Å²) in [5.41, 5.74) is 1.28. The number of benzene rings is 1. The molecule has 3 heterocycles. The maximum Gasteiger partial charge on any atom is 0.416 e. The number of hydrogen-bond donors (Lipinski definition) is 0. The normalized spacial score (nSPS) is 15.8. The van der Waals surface area contributed by atoms with Crippen molar-refractivity contribution in [2.24, 2.45) is 0 Å². The molecule has 0 aliphatic carbocycles. The molecule has 0 saturated carbocycles. The first kappa shape index (κ1) is 19.9. The second-order valence-corrected chi connectivity index (χ2v) is 7.92. The SMILES string of the molecule is O=C(c1cn2ccc(Br)cc2n1)N1CCN(Cc2ccc(C(F)(F)F)cc2)CC1. The summed E-state index contributed by atoms with van der Waals surface area (Å²) in [5.74, 6) is -0.112. The molecular weight excluding hydrogens is 449 g/mol. The number of carbonyl (C=O) groups is 1. The van der Waals surface area contributed by atoms with Crippen molar-refractivity contribution in [3.63, 3.8) is 0 Å². The highest BCUT2D eigenvalue weighted by molar-refractivity contribution is 9.10. The third-order valence-electron chi connectivity index (χ3n) is 4.99. The van der Waals surface area contributed by atoms with Crippen molar-refractivity contribution in [2.75, 3.05) is 26.2 Å². The molecule has 1 fully saturated rings. The summed E-state index contributed by atoms with van der Waals surface area (Å²) >= 11 is 3.39. The number of aromatic nitrogens is 2. The molecule has 0 N–H and O–H groups in total. The lowest BCUT2D eigenvalue weighted by molar-refractivity contribution is -0.137. The minimum Gasteiger partial charge on any atom is -0.335 e. The number of pyridine rings is 1. The zero-order valence-electron chi connectivity index (χ0n) is 15.4. The van der Waals surface area contributed by atoms with Crippen LogP contribution in [0.25, 0.3) is 5.65 Å². The van der Waals surface area contributed by atoms with Crippen LogP contribution in [0.1, 0.15) is 21.6 Å². The molecule has 9 heteroatoms. The lowest BCUT2D eigenvalue weighted by Gasteiger charge is -2.34. The van der Waals surface area contributed by atoms with Gasteiger partial charge in [0.25, 0.3) is 5.91 Å². The van der Waals surface area contributed by atoms with Gasteiger partial charge in [-0.1, -0.05) is 28.1 Å². The number of amides is 1. The van der Waals surface area contributed by atoms with Crippen LogP contribution in [0.15, 0.2) is 53.3 Å². The fourth-order valence-electron chi connectivity index (χ4n) is 3.39. The molecule has 29 heavy (non-hydrogen) atoms. The number of alkyl halides is 3. The number of nitrogens with zero attached hydrogens (tertiary/aromatic N) is 4. The average Bonchev–Trinajstić information content (AvgIpc) is 3.11. The van der Waals surface area contributed by atoms with Crippen molar-refractivity contribution in [1.82, 2.24) is 19.2 Å². The fourth-order valence-corrected chi connectivity index (χ4v) is 3.71. The number of imidazole rings is 1. The minimum absolute atomic E-state index is 0.112. The second-order valence-electron chi connectivity index (χ2n) is 7.00. The summed E-state index contributed by atoms with van der Waals surface area (Å²) in [5, 5.41) is 0. The molecule has 1 saturated heterocycles. The van der Waals surface area contributed by atoms with Crippen molar-refractivity contribution in [3.05, 3.63) is 70.1 Å². The Bertz CT molecular complexity index is 1020. The van der Waals surface area contributed by atoms with Crippen LogP contribution in [0.5, 0.6) is 0 Å². The molecule has 1 aliphatic heterocycles. The van der Waals surface area contributed by atoms with E-state index in [0.717, 1.165) is 22.2 Å². The first-order valence-corrected chi connectivity index (χ1v) is 9.91. The van der Waals surface area contributed by atoms with E-state index in [2.05, 4.69) is 25.8 Å². The van der Waals surface area contributed by atoms with Gasteiger partial charge in [-0.15, -0.1) is 0 Å². The molecule has 1 aromatic carbocycles. The van der Waals surface area contributed by atoms with Crippen molar-refractivity contribution < 1.29 is 18.0 Å². The fraction of sp³-hybridized carbons (Fsp3) is 0.300. The van der Waals surface area contributed by atoms with Crippen LogP contribution in [0.3, 0.4) is 0 Å². The summed E-state index contributed by atoms with van der Waals surface area (Å²) in [6.07, 6.45) is -0.762. The number of carbonyl (C=O) groups excluding carboxylic acids is 1. The van der Waals surface area contributed by atoms with Gasteiger partial charge >= 0.3 is 6.18 Å². The van der Waals surface area contributed by atoms with Gasteiger partial charge in [-0.3, -0.25) is 9.69 Å². The quantitative estimate of drug-likeness (QED) is 0.583. The lowest BCUT2D eigenvalue weighted by atomic mass is 10.1. The molecule has 5 nitrogen and oxygen atoms in total. The smallest absolute Gasteiger partial charge is 0.335 e. The van der Waals surface area contributed by atoms with Gasteiger partial charge < -0.3 is 9.30 Å². The highest BCUT2D eigenvalue weighted by atomic mass is 79.9. The monoisotopic (exact) mass is 466 g/mol. The van der Waals surface area contributed by atoms with Crippen molar-refractivity contribution in [1.29, 1.82) is 0 Å². The van der Waals surface area contributed by atoms with Gasteiger partial charge in [-0.2, -0.15) is 13.2 Å². The molecule has 0 radical (unpaired) electrons. The van der Waals surface area contributed by atoms with E-state index in [0.29, 0.717) is 44.1 Å². The third kappa shape index (κ3) is 4.45. The van der Waals surface area contributed by atoms with E-state index < -0.39 is 11.7 Å². The molecular formula is C20H18BrF3N4O. The highest BCUT2D eigenvalue weighted by Gasteiger charge is 2.30. The van der Waals surface area contributed by atoms with Gasteiger partial charge in [-0.05, 0) is 29.8 Å². The Balaban J connectivity index is 1.35. The largest absolute Gasteiger partial charge is 0.416 e. The number of hydrogen-bond acceptors (Lipinski definition) is 3. The van der Waals surface area contributed by atoms with Crippen LogP contribution >= 0.6 is 15.9 Å². The van der Waals surface area contributed by atoms with Gasteiger partial charge in [-0.25, -0.2) is 4.98 Å². The summed E-state index contributed by atoms with van der Waals surface area (Å²) < 4.78 is 40.7. The first-order valence-electron chi connectivity index (χ1n) is 9.11. The molecule has 0 spiro atoms.